The normalized spacial score (nSPS) is 12.0. The van der Waals surface area contributed by atoms with Gasteiger partial charge >= 0.3 is 118 Å². The van der Waals surface area contributed by atoms with E-state index >= 15 is 0 Å². The number of nitrogens with zero attached hydrogens (tertiary/aromatic N) is 4. The van der Waals surface area contributed by atoms with Crippen molar-refractivity contribution in [2.75, 3.05) is 14.2 Å². The monoisotopic (exact) mass is 962 g/mol. The molecule has 0 aliphatic heterocycles. The summed E-state index contributed by atoms with van der Waals surface area (Å²) in [5.74, 6) is -2.13. The first-order valence-electron chi connectivity index (χ1n) is 15.6. The third kappa shape index (κ3) is 12.2. The predicted octanol–water partition coefficient (Wildman–Crippen LogP) is -7.03. The summed E-state index contributed by atoms with van der Waals surface area (Å²) in [6, 6.07) is 15.4. The Bertz CT molecular complexity index is 3250. The molecular formula is C34H22N4Na4O16S4. The maximum Gasteiger partial charge on any atom is 1.00 e. The molecule has 0 spiro atoms. The van der Waals surface area contributed by atoms with E-state index in [1.54, 1.807) is 0 Å². The molecule has 28 heteroatoms. The molecule has 6 aromatic carbocycles. The van der Waals surface area contributed by atoms with Crippen molar-refractivity contribution in [3.8, 4) is 34.1 Å². The van der Waals surface area contributed by atoms with Crippen LogP contribution in [0.25, 0.3) is 32.7 Å². The molecule has 0 atom stereocenters. The molecule has 6 aromatic rings. The van der Waals surface area contributed by atoms with E-state index in [1.165, 1.54) is 50.6 Å². The fraction of sp³-hybridized carbons (Fsp3) is 0.0588. The minimum atomic E-state index is -5.14. The molecule has 62 heavy (non-hydrogen) atoms. The van der Waals surface area contributed by atoms with Crippen LogP contribution in [0.5, 0.6) is 23.0 Å². The summed E-state index contributed by atoms with van der Waals surface area (Å²) in [5.41, 5.74) is -0.262. The van der Waals surface area contributed by atoms with E-state index in [2.05, 4.69) is 20.5 Å². The van der Waals surface area contributed by atoms with Gasteiger partial charge in [-0.3, -0.25) is 9.11 Å². The molecule has 0 bridgehead atoms. The number of fused-ring (bicyclic) bond motifs is 2. The molecule has 0 heterocycles. The minimum Gasteiger partial charge on any atom is -0.871 e. The molecule has 6 rings (SSSR count). The van der Waals surface area contributed by atoms with Gasteiger partial charge < -0.3 is 28.8 Å². The van der Waals surface area contributed by atoms with Gasteiger partial charge in [0.25, 0.3) is 20.2 Å². The third-order valence-electron chi connectivity index (χ3n) is 8.35. The van der Waals surface area contributed by atoms with Crippen LogP contribution in [0.1, 0.15) is 0 Å². The fourth-order valence-corrected chi connectivity index (χ4v) is 7.96. The molecular weight excluding hydrogens is 941 g/mol. The topological polar surface area (TPSA) is 337 Å². The van der Waals surface area contributed by atoms with Gasteiger partial charge in [-0.1, -0.05) is 35.8 Å². The summed E-state index contributed by atoms with van der Waals surface area (Å²) in [4.78, 5) is -3.51. The molecule has 0 aliphatic carbocycles. The summed E-state index contributed by atoms with van der Waals surface area (Å²) >= 11 is 0. The smallest absolute Gasteiger partial charge is 0.871 e. The van der Waals surface area contributed by atoms with Crippen LogP contribution in [0.15, 0.2) is 125 Å². The number of rotatable bonds is 11. The van der Waals surface area contributed by atoms with Gasteiger partial charge in [0, 0.05) is 10.8 Å². The Labute approximate surface area is 442 Å². The van der Waals surface area contributed by atoms with Crippen molar-refractivity contribution in [1.82, 2.24) is 0 Å². The Hall–Kier alpha value is -2.12. The van der Waals surface area contributed by atoms with Gasteiger partial charge in [-0.15, -0.1) is 10.2 Å². The molecule has 20 nitrogen and oxygen atoms in total. The maximum atomic E-state index is 13.2. The molecule has 0 aliphatic rings. The van der Waals surface area contributed by atoms with Crippen LogP contribution in [0.2, 0.25) is 0 Å². The average molecular weight is 963 g/mol. The molecule has 0 saturated carbocycles. The maximum absolute atomic E-state index is 13.2. The zero-order chi connectivity index (χ0) is 42.5. The average Bonchev–Trinajstić information content (AvgIpc) is 3.15. The van der Waals surface area contributed by atoms with Crippen molar-refractivity contribution >= 4 is 84.8 Å². The van der Waals surface area contributed by atoms with E-state index in [4.69, 9.17) is 9.47 Å². The Kier molecular flexibility index (Phi) is 19.4. The molecule has 0 fully saturated rings. The standard InChI is InChI=1S/C34H26N4O16S4.4Na/c1-53-28-12-17(3-9-25(28)35-37-27-16-30(57(47,48)49)23-8-6-21(56(44,45)46)15-24(23)33(27)39)18-4-10-26(29(13-18)54-2)36-38-32-22-7-5-20(55(41,42)43)11-19(22)14-31(34(32)40)58(50,51)52;;;;/h3-16,39-40H,1-2H3,(H,41,42,43)(H,44,45,46)(H,47,48,49)(H,50,51,52);;;;/q;4*+1/p-4. The molecule has 0 radical (unpaired) electrons. The van der Waals surface area contributed by atoms with Gasteiger partial charge in [-0.05, 0) is 82.6 Å². The predicted molar refractivity (Wildman–Crippen MR) is 196 cm³/mol. The number of benzene rings is 6. The molecule has 0 amide bonds. The van der Waals surface area contributed by atoms with Gasteiger partial charge in [0.15, 0.2) is 0 Å². The third-order valence-corrected chi connectivity index (χ3v) is 11.8. The van der Waals surface area contributed by atoms with Crippen LogP contribution in [0, 0.1) is 0 Å². The van der Waals surface area contributed by atoms with E-state index in [0.717, 1.165) is 36.4 Å². The minimum absolute atomic E-state index is 0. The van der Waals surface area contributed by atoms with Crippen LogP contribution in [0.3, 0.4) is 0 Å². The summed E-state index contributed by atoms with van der Waals surface area (Å²) in [6.45, 7) is 0. The van der Waals surface area contributed by atoms with Crippen LogP contribution in [-0.2, 0) is 40.5 Å². The van der Waals surface area contributed by atoms with E-state index in [1.807, 2.05) is 0 Å². The van der Waals surface area contributed by atoms with Crippen molar-refractivity contribution in [3.05, 3.63) is 84.9 Å². The SMILES string of the molecule is COc1cc(-c2ccc(N=Nc3c([O-])c(S(=O)(=O)O)cc4cc(S(=O)(=O)[O-])ccc34)c(OC)c2)ccc1N=Nc1cc(S(=O)(=O)O)c2ccc(S(=O)(=O)[O-])cc2c1[O-].[Na+].[Na+].[Na+].[Na+]. The summed E-state index contributed by atoms with van der Waals surface area (Å²) in [6.07, 6.45) is 0. The summed E-state index contributed by atoms with van der Waals surface area (Å²) < 4.78 is 148. The van der Waals surface area contributed by atoms with Crippen LogP contribution >= 0.6 is 0 Å². The Morgan fingerprint density at radius 1 is 0.484 bits per heavy atom. The number of hydrogen-bond acceptors (Lipinski definition) is 18. The van der Waals surface area contributed by atoms with Crippen LogP contribution < -0.4 is 138 Å². The summed E-state index contributed by atoms with van der Waals surface area (Å²) in [5, 5.41) is 40.8. The van der Waals surface area contributed by atoms with E-state index in [0.29, 0.717) is 23.3 Å². The second kappa shape index (κ2) is 21.5. The van der Waals surface area contributed by atoms with Gasteiger partial charge in [0.1, 0.15) is 48.0 Å². The largest absolute Gasteiger partial charge is 1.00 e. The molecule has 0 unspecified atom stereocenters. The first kappa shape index (κ1) is 56.0. The van der Waals surface area contributed by atoms with Crippen LogP contribution in [0.4, 0.5) is 22.7 Å². The van der Waals surface area contributed by atoms with Crippen LogP contribution in [-0.4, -0.2) is 66.1 Å². The van der Waals surface area contributed by atoms with E-state index in [9.17, 15) is 62.1 Å². The van der Waals surface area contributed by atoms with Crippen molar-refractivity contribution in [2.45, 2.75) is 19.6 Å². The van der Waals surface area contributed by atoms with Gasteiger partial charge in [0.2, 0.25) is 0 Å². The molecule has 302 valence electrons. The zero-order valence-electron chi connectivity index (χ0n) is 33.1. The number of hydrogen-bond donors (Lipinski definition) is 2. The van der Waals surface area contributed by atoms with Gasteiger partial charge in [0.05, 0.1) is 40.3 Å². The number of azo groups is 2. The first-order chi connectivity index (χ1) is 27.0. The van der Waals surface area contributed by atoms with Gasteiger partial charge in [-0.2, -0.15) is 27.1 Å². The quantitative estimate of drug-likeness (QED) is 0.0692. The van der Waals surface area contributed by atoms with E-state index in [-0.39, 0.29) is 157 Å². The second-order valence-corrected chi connectivity index (χ2v) is 17.4. The van der Waals surface area contributed by atoms with E-state index < -0.39 is 88.3 Å². The van der Waals surface area contributed by atoms with Gasteiger partial charge in [-0.25, -0.2) is 16.8 Å². The first-order valence-corrected chi connectivity index (χ1v) is 21.3. The number of ether oxygens (including phenoxy) is 2. The fourth-order valence-electron chi connectivity index (χ4n) is 5.63. The number of methoxy groups -OCH3 is 2. The molecule has 0 aromatic heterocycles. The van der Waals surface area contributed by atoms with Crippen molar-refractivity contribution in [1.29, 1.82) is 0 Å². The summed E-state index contributed by atoms with van der Waals surface area (Å²) in [7, 11) is -17.6. The van der Waals surface area contributed by atoms with Crippen molar-refractivity contribution in [3.63, 3.8) is 0 Å². The second-order valence-electron chi connectivity index (χ2n) is 11.9. The molecule has 0 saturated heterocycles. The van der Waals surface area contributed by atoms with Crippen molar-refractivity contribution in [2.24, 2.45) is 20.5 Å². The Balaban J connectivity index is 0.00000331. The Morgan fingerprint density at radius 2 is 0.935 bits per heavy atom. The zero-order valence-corrected chi connectivity index (χ0v) is 44.4. The molecule has 2 N–H and O–H groups in total. The Morgan fingerprint density at radius 3 is 1.40 bits per heavy atom. The van der Waals surface area contributed by atoms with Crippen molar-refractivity contribution < 1.29 is 190 Å².